The molecule has 0 amide bonds. The number of anilines is 1. The number of aryl methyl sites for hydroxylation is 1. The summed E-state index contributed by atoms with van der Waals surface area (Å²) in [5.41, 5.74) is 2.62. The lowest BCUT2D eigenvalue weighted by molar-refractivity contribution is 0.675. The molecule has 1 heterocycles. The van der Waals surface area contributed by atoms with Gasteiger partial charge in [-0.1, -0.05) is 47.5 Å². The monoisotopic (exact) mass is 272 g/mol. The van der Waals surface area contributed by atoms with Gasteiger partial charge in [-0.25, -0.2) is 4.98 Å². The van der Waals surface area contributed by atoms with Crippen molar-refractivity contribution in [2.45, 2.75) is 25.8 Å². The molecule has 98 valence electrons. The van der Waals surface area contributed by atoms with Crippen LogP contribution >= 0.6 is 11.6 Å². The first kappa shape index (κ1) is 12.5. The Morgan fingerprint density at radius 1 is 1.16 bits per heavy atom. The standard InChI is InChI=1S/C16H17ClN2/c1-11-5-7-12(8-6-11)16(13-9-10-13)19-15-4-2-3-14(17)18-15/h2-8,13,16H,9-10H2,1H3,(H,18,19). The number of hydrogen-bond acceptors (Lipinski definition) is 2. The minimum Gasteiger partial charge on any atom is -0.363 e. The van der Waals surface area contributed by atoms with Crippen LogP contribution in [0.2, 0.25) is 5.15 Å². The van der Waals surface area contributed by atoms with E-state index in [0.717, 1.165) is 5.82 Å². The van der Waals surface area contributed by atoms with Crippen molar-refractivity contribution in [3.63, 3.8) is 0 Å². The van der Waals surface area contributed by atoms with Gasteiger partial charge in [0.2, 0.25) is 0 Å². The summed E-state index contributed by atoms with van der Waals surface area (Å²) in [6, 6.07) is 14.8. The number of benzene rings is 1. The molecule has 3 rings (SSSR count). The van der Waals surface area contributed by atoms with E-state index in [9.17, 15) is 0 Å². The van der Waals surface area contributed by atoms with Crippen molar-refractivity contribution < 1.29 is 0 Å². The largest absolute Gasteiger partial charge is 0.363 e. The van der Waals surface area contributed by atoms with Gasteiger partial charge >= 0.3 is 0 Å². The lowest BCUT2D eigenvalue weighted by Gasteiger charge is -2.19. The van der Waals surface area contributed by atoms with Crippen LogP contribution in [0.5, 0.6) is 0 Å². The fraction of sp³-hybridized carbons (Fsp3) is 0.312. The molecule has 1 aromatic carbocycles. The molecule has 1 N–H and O–H groups in total. The predicted octanol–water partition coefficient (Wildman–Crippen LogP) is 4.61. The molecule has 0 radical (unpaired) electrons. The van der Waals surface area contributed by atoms with E-state index in [0.29, 0.717) is 17.1 Å². The van der Waals surface area contributed by atoms with Crippen LogP contribution in [0.3, 0.4) is 0 Å². The maximum atomic E-state index is 5.94. The molecule has 2 nitrogen and oxygen atoms in total. The highest BCUT2D eigenvalue weighted by atomic mass is 35.5. The van der Waals surface area contributed by atoms with Gasteiger partial charge in [0.05, 0.1) is 6.04 Å². The summed E-state index contributed by atoms with van der Waals surface area (Å²) in [5, 5.41) is 4.05. The van der Waals surface area contributed by atoms with E-state index in [4.69, 9.17) is 11.6 Å². The first-order valence-corrected chi connectivity index (χ1v) is 7.06. The quantitative estimate of drug-likeness (QED) is 0.823. The minimum atomic E-state index is 0.339. The Morgan fingerprint density at radius 3 is 2.53 bits per heavy atom. The molecule has 0 saturated heterocycles. The number of aromatic nitrogens is 1. The maximum Gasteiger partial charge on any atom is 0.131 e. The summed E-state index contributed by atoms with van der Waals surface area (Å²) in [6.45, 7) is 2.11. The molecule has 0 bridgehead atoms. The van der Waals surface area contributed by atoms with Crippen molar-refractivity contribution in [2.24, 2.45) is 5.92 Å². The second kappa shape index (κ2) is 5.22. The van der Waals surface area contributed by atoms with Crippen LogP contribution in [0.4, 0.5) is 5.82 Å². The summed E-state index contributed by atoms with van der Waals surface area (Å²) in [7, 11) is 0. The second-order valence-corrected chi connectivity index (χ2v) is 5.60. The normalized spacial score (nSPS) is 16.1. The SMILES string of the molecule is Cc1ccc(C(Nc2cccc(Cl)n2)C2CC2)cc1. The molecule has 0 aliphatic heterocycles. The topological polar surface area (TPSA) is 24.9 Å². The molecule has 1 saturated carbocycles. The Kier molecular flexibility index (Phi) is 3.43. The van der Waals surface area contributed by atoms with Crippen LogP contribution in [0.1, 0.15) is 30.0 Å². The molecule has 3 heteroatoms. The van der Waals surface area contributed by atoms with Gasteiger partial charge in [0, 0.05) is 0 Å². The van der Waals surface area contributed by atoms with Gasteiger partial charge in [-0.3, -0.25) is 0 Å². The number of halogens is 1. The Labute approximate surface area is 118 Å². The second-order valence-electron chi connectivity index (χ2n) is 5.22. The zero-order valence-electron chi connectivity index (χ0n) is 10.9. The number of nitrogens with one attached hydrogen (secondary N) is 1. The highest BCUT2D eigenvalue weighted by Crippen LogP contribution is 2.42. The van der Waals surface area contributed by atoms with Crippen LogP contribution in [-0.2, 0) is 0 Å². The maximum absolute atomic E-state index is 5.94. The van der Waals surface area contributed by atoms with E-state index >= 15 is 0 Å². The van der Waals surface area contributed by atoms with E-state index in [-0.39, 0.29) is 0 Å². The van der Waals surface area contributed by atoms with Gasteiger partial charge in [0.1, 0.15) is 11.0 Å². The average molecular weight is 273 g/mol. The molecule has 1 aliphatic rings. The first-order chi connectivity index (χ1) is 9.22. The van der Waals surface area contributed by atoms with Crippen LogP contribution < -0.4 is 5.32 Å². The highest BCUT2D eigenvalue weighted by Gasteiger charge is 2.32. The van der Waals surface area contributed by atoms with Crippen LogP contribution in [0.15, 0.2) is 42.5 Å². The third kappa shape index (κ3) is 3.07. The Balaban J connectivity index is 1.83. The van der Waals surface area contributed by atoms with Crippen LogP contribution in [0.25, 0.3) is 0 Å². The van der Waals surface area contributed by atoms with E-state index < -0.39 is 0 Å². The van der Waals surface area contributed by atoms with E-state index in [1.165, 1.54) is 24.0 Å². The fourth-order valence-corrected chi connectivity index (χ4v) is 2.49. The van der Waals surface area contributed by atoms with E-state index in [2.05, 4.69) is 41.5 Å². The third-order valence-electron chi connectivity index (χ3n) is 3.55. The molecular formula is C16H17ClN2. The zero-order chi connectivity index (χ0) is 13.2. The van der Waals surface area contributed by atoms with Crippen molar-refractivity contribution >= 4 is 17.4 Å². The lowest BCUT2D eigenvalue weighted by Crippen LogP contribution is -2.13. The molecule has 1 unspecified atom stereocenters. The van der Waals surface area contributed by atoms with Crippen molar-refractivity contribution in [1.82, 2.24) is 4.98 Å². The fourth-order valence-electron chi connectivity index (χ4n) is 2.32. The van der Waals surface area contributed by atoms with Gasteiger partial charge in [-0.2, -0.15) is 0 Å². The number of nitrogens with zero attached hydrogens (tertiary/aromatic N) is 1. The number of hydrogen-bond donors (Lipinski definition) is 1. The molecule has 0 spiro atoms. The molecular weight excluding hydrogens is 256 g/mol. The molecule has 2 aromatic rings. The molecule has 1 aliphatic carbocycles. The van der Waals surface area contributed by atoms with Crippen LogP contribution in [-0.4, -0.2) is 4.98 Å². The van der Waals surface area contributed by atoms with Gasteiger partial charge in [-0.05, 0) is 43.4 Å². The molecule has 19 heavy (non-hydrogen) atoms. The van der Waals surface area contributed by atoms with Crippen molar-refractivity contribution in [2.75, 3.05) is 5.32 Å². The van der Waals surface area contributed by atoms with Crippen molar-refractivity contribution in [3.05, 3.63) is 58.7 Å². The van der Waals surface area contributed by atoms with Gasteiger partial charge in [0.25, 0.3) is 0 Å². The van der Waals surface area contributed by atoms with Gasteiger partial charge in [-0.15, -0.1) is 0 Å². The summed E-state index contributed by atoms with van der Waals surface area (Å²) in [5.74, 6) is 1.56. The zero-order valence-corrected chi connectivity index (χ0v) is 11.7. The molecule has 1 aromatic heterocycles. The number of pyridine rings is 1. The van der Waals surface area contributed by atoms with Crippen LogP contribution in [0, 0.1) is 12.8 Å². The minimum absolute atomic E-state index is 0.339. The Hall–Kier alpha value is -1.54. The summed E-state index contributed by atoms with van der Waals surface area (Å²) >= 11 is 5.94. The van der Waals surface area contributed by atoms with E-state index in [1.807, 2.05) is 12.1 Å². The van der Waals surface area contributed by atoms with E-state index in [1.54, 1.807) is 6.07 Å². The smallest absolute Gasteiger partial charge is 0.131 e. The Morgan fingerprint density at radius 2 is 1.89 bits per heavy atom. The average Bonchev–Trinajstić information content (AvgIpc) is 3.22. The van der Waals surface area contributed by atoms with Gasteiger partial charge < -0.3 is 5.32 Å². The summed E-state index contributed by atoms with van der Waals surface area (Å²) in [4.78, 5) is 4.32. The summed E-state index contributed by atoms with van der Waals surface area (Å²) in [6.07, 6.45) is 2.57. The summed E-state index contributed by atoms with van der Waals surface area (Å²) < 4.78 is 0. The lowest BCUT2D eigenvalue weighted by atomic mass is 10.0. The third-order valence-corrected chi connectivity index (χ3v) is 3.76. The predicted molar refractivity (Wildman–Crippen MR) is 79.5 cm³/mol. The van der Waals surface area contributed by atoms with Crippen molar-refractivity contribution in [3.8, 4) is 0 Å². The molecule has 1 atom stereocenters. The molecule has 1 fully saturated rings. The van der Waals surface area contributed by atoms with Gasteiger partial charge in [0.15, 0.2) is 0 Å². The number of rotatable bonds is 4. The van der Waals surface area contributed by atoms with Crippen molar-refractivity contribution in [1.29, 1.82) is 0 Å². The first-order valence-electron chi connectivity index (χ1n) is 6.68. The Bertz CT molecular complexity index is 561. The highest BCUT2D eigenvalue weighted by molar-refractivity contribution is 6.29.